The molecule has 2 aromatic heterocycles. The van der Waals surface area contributed by atoms with Gasteiger partial charge >= 0.3 is 0 Å². The van der Waals surface area contributed by atoms with Crippen molar-refractivity contribution in [2.24, 2.45) is 5.92 Å². The second-order valence-electron chi connectivity index (χ2n) is 9.07. The van der Waals surface area contributed by atoms with Crippen molar-refractivity contribution >= 4 is 32.8 Å². The number of aliphatic hydroxyl groups is 1. The van der Waals surface area contributed by atoms with Gasteiger partial charge in [0.05, 0.1) is 23.8 Å². The van der Waals surface area contributed by atoms with Crippen molar-refractivity contribution in [1.29, 1.82) is 0 Å². The van der Waals surface area contributed by atoms with Gasteiger partial charge in [-0.25, -0.2) is 9.97 Å². The van der Waals surface area contributed by atoms with Crippen molar-refractivity contribution in [2.75, 3.05) is 31.7 Å². The number of aromatic nitrogens is 3. The monoisotopic (exact) mass is 500 g/mol. The van der Waals surface area contributed by atoms with Gasteiger partial charge in [0.2, 0.25) is 0 Å². The molecule has 0 saturated carbocycles. The van der Waals surface area contributed by atoms with Crippen LogP contribution in [0.3, 0.4) is 0 Å². The second kappa shape index (κ2) is 9.12. The zero-order valence-electron chi connectivity index (χ0n) is 19.9. The van der Waals surface area contributed by atoms with Crippen LogP contribution in [0.4, 0.5) is 5.82 Å². The Morgan fingerprint density at radius 1 is 1.09 bits per heavy atom. The lowest BCUT2D eigenvalue weighted by molar-refractivity contribution is 0.0176. The number of anilines is 1. The molecule has 1 saturated heterocycles. The van der Waals surface area contributed by atoms with E-state index in [-0.39, 0.29) is 5.92 Å². The Balaban J connectivity index is 1.80. The quantitative estimate of drug-likeness (QED) is 0.536. The lowest BCUT2D eigenvalue weighted by Gasteiger charge is -2.35. The van der Waals surface area contributed by atoms with Gasteiger partial charge in [0.15, 0.2) is 5.65 Å². The summed E-state index contributed by atoms with van der Waals surface area (Å²) in [4.78, 5) is 12.2. The number of hydrogen-bond acceptors (Lipinski definition) is 5. The smallest absolute Gasteiger partial charge is 0.150 e. The molecule has 1 aromatic carbocycles. The molecule has 1 atom stereocenters. The number of methoxy groups -OCH3 is 1. The summed E-state index contributed by atoms with van der Waals surface area (Å²) in [5, 5.41) is 11.5. The molecule has 3 heterocycles. The average Bonchev–Trinajstić information content (AvgIpc) is 2.98. The molecule has 0 amide bonds. The van der Waals surface area contributed by atoms with E-state index < -0.39 is 6.10 Å². The summed E-state index contributed by atoms with van der Waals surface area (Å²) in [7, 11) is 1.64. The zero-order valence-corrected chi connectivity index (χ0v) is 21.5. The van der Waals surface area contributed by atoms with Crippen molar-refractivity contribution in [2.45, 2.75) is 53.6 Å². The summed E-state index contributed by atoms with van der Waals surface area (Å²) in [6.07, 6.45) is 1.46. The molecule has 1 aliphatic rings. The lowest BCUT2D eigenvalue weighted by Crippen LogP contribution is -2.39. The summed E-state index contributed by atoms with van der Waals surface area (Å²) < 4.78 is 8.54. The van der Waals surface area contributed by atoms with Gasteiger partial charge in [-0.1, -0.05) is 15.9 Å². The fraction of sp³-hybridized carbons (Fsp3) is 0.520. The Hall–Kier alpha value is -1.96. The maximum absolute atomic E-state index is 10.4. The van der Waals surface area contributed by atoms with Crippen LogP contribution in [-0.2, 0) is 4.74 Å². The van der Waals surface area contributed by atoms with E-state index in [1.807, 2.05) is 6.92 Å². The summed E-state index contributed by atoms with van der Waals surface area (Å²) in [6, 6.07) is 4.32. The molecule has 3 aromatic rings. The first kappa shape index (κ1) is 23.2. The highest BCUT2D eigenvalue weighted by atomic mass is 79.9. The fourth-order valence-electron chi connectivity index (χ4n) is 5.11. The second-order valence-corrected chi connectivity index (χ2v) is 9.99. The minimum absolute atomic E-state index is 0.269. The molecule has 1 fully saturated rings. The summed E-state index contributed by atoms with van der Waals surface area (Å²) in [5.74, 6) is 2.06. The zero-order chi connectivity index (χ0) is 23.2. The van der Waals surface area contributed by atoms with Crippen LogP contribution in [0.2, 0.25) is 0 Å². The van der Waals surface area contributed by atoms with E-state index in [0.29, 0.717) is 6.61 Å². The molecule has 6 nitrogen and oxygen atoms in total. The molecule has 1 N–H and O–H groups in total. The largest absolute Gasteiger partial charge is 0.390 e. The van der Waals surface area contributed by atoms with Gasteiger partial charge in [0, 0.05) is 30.4 Å². The van der Waals surface area contributed by atoms with Crippen LogP contribution in [0.25, 0.3) is 16.7 Å². The third kappa shape index (κ3) is 4.06. The van der Waals surface area contributed by atoms with Crippen LogP contribution in [0.1, 0.15) is 41.1 Å². The molecule has 4 rings (SSSR count). The highest BCUT2D eigenvalue weighted by Gasteiger charge is 2.29. The SMILES string of the molecule is COCC(O)C1CCN(c2nc(C)nc3c2c(C)c(C)n3-c2c(C)cc(Br)cc2C)CC1. The molecule has 32 heavy (non-hydrogen) atoms. The van der Waals surface area contributed by atoms with E-state index in [1.54, 1.807) is 7.11 Å². The number of nitrogens with zero attached hydrogens (tertiary/aromatic N) is 4. The molecular weight excluding hydrogens is 468 g/mol. The number of aryl methyl sites for hydroxylation is 4. The Bertz CT molecular complexity index is 1130. The highest BCUT2D eigenvalue weighted by Crippen LogP contribution is 2.37. The van der Waals surface area contributed by atoms with Crippen molar-refractivity contribution in [3.63, 3.8) is 0 Å². The van der Waals surface area contributed by atoms with Crippen molar-refractivity contribution in [3.8, 4) is 5.69 Å². The van der Waals surface area contributed by atoms with E-state index in [4.69, 9.17) is 14.7 Å². The van der Waals surface area contributed by atoms with Crippen LogP contribution >= 0.6 is 15.9 Å². The molecular formula is C25H33BrN4O2. The van der Waals surface area contributed by atoms with Crippen molar-refractivity contribution < 1.29 is 9.84 Å². The van der Waals surface area contributed by atoms with E-state index in [1.165, 1.54) is 28.1 Å². The highest BCUT2D eigenvalue weighted by molar-refractivity contribution is 9.10. The maximum Gasteiger partial charge on any atom is 0.150 e. The molecule has 7 heteroatoms. The third-order valence-electron chi connectivity index (χ3n) is 6.85. The van der Waals surface area contributed by atoms with Gasteiger partial charge in [-0.3, -0.25) is 4.57 Å². The molecule has 0 aliphatic carbocycles. The Morgan fingerprint density at radius 2 is 1.72 bits per heavy atom. The fourth-order valence-corrected chi connectivity index (χ4v) is 5.80. The number of hydrogen-bond donors (Lipinski definition) is 1. The van der Waals surface area contributed by atoms with Crippen LogP contribution in [-0.4, -0.2) is 52.6 Å². The van der Waals surface area contributed by atoms with Gasteiger partial charge in [-0.05, 0) is 82.2 Å². The number of aliphatic hydroxyl groups excluding tert-OH is 1. The van der Waals surface area contributed by atoms with E-state index in [0.717, 1.165) is 53.1 Å². The number of piperidine rings is 1. The van der Waals surface area contributed by atoms with Gasteiger partial charge in [0.25, 0.3) is 0 Å². The minimum Gasteiger partial charge on any atom is -0.390 e. The molecule has 0 radical (unpaired) electrons. The Morgan fingerprint density at radius 3 is 2.31 bits per heavy atom. The third-order valence-corrected chi connectivity index (χ3v) is 7.31. The van der Waals surface area contributed by atoms with Gasteiger partial charge in [-0.2, -0.15) is 0 Å². The molecule has 0 bridgehead atoms. The molecule has 1 aliphatic heterocycles. The predicted octanol–water partition coefficient (Wildman–Crippen LogP) is 4.95. The van der Waals surface area contributed by atoms with E-state index in [2.05, 4.69) is 65.2 Å². The molecule has 172 valence electrons. The number of ether oxygens (including phenoxy) is 1. The predicted molar refractivity (Wildman–Crippen MR) is 133 cm³/mol. The first-order valence-corrected chi connectivity index (χ1v) is 12.1. The first-order chi connectivity index (χ1) is 15.2. The van der Waals surface area contributed by atoms with E-state index in [9.17, 15) is 5.11 Å². The van der Waals surface area contributed by atoms with Crippen molar-refractivity contribution in [1.82, 2.24) is 14.5 Å². The lowest BCUT2D eigenvalue weighted by atomic mass is 9.91. The van der Waals surface area contributed by atoms with Crippen LogP contribution in [0.15, 0.2) is 16.6 Å². The van der Waals surface area contributed by atoms with E-state index >= 15 is 0 Å². The van der Waals surface area contributed by atoms with Gasteiger partial charge < -0.3 is 14.7 Å². The standard InChI is InChI=1S/C25H33BrN4O2/c1-14-11-20(26)12-15(2)23(14)30-17(4)16(3)22-24(27-18(5)28-25(22)30)29-9-7-19(8-10-29)21(31)13-32-6/h11-12,19,21,31H,7-10,13H2,1-6H3. The molecule has 1 unspecified atom stereocenters. The van der Waals surface area contributed by atoms with Crippen LogP contribution in [0.5, 0.6) is 0 Å². The normalized spacial score (nSPS) is 16.2. The van der Waals surface area contributed by atoms with Crippen LogP contribution in [0, 0.1) is 40.5 Å². The summed E-state index contributed by atoms with van der Waals surface area (Å²) in [5.41, 5.74) is 7.00. The number of fused-ring (bicyclic) bond motifs is 1. The molecule has 0 spiro atoms. The number of halogens is 1. The maximum atomic E-state index is 10.4. The van der Waals surface area contributed by atoms with Crippen molar-refractivity contribution in [3.05, 3.63) is 44.8 Å². The Kier molecular flexibility index (Phi) is 6.61. The topological polar surface area (TPSA) is 63.4 Å². The number of benzene rings is 1. The van der Waals surface area contributed by atoms with Crippen LogP contribution < -0.4 is 4.90 Å². The number of rotatable bonds is 5. The minimum atomic E-state index is -0.400. The first-order valence-electron chi connectivity index (χ1n) is 11.3. The van der Waals surface area contributed by atoms with Gasteiger partial charge in [-0.15, -0.1) is 0 Å². The average molecular weight is 501 g/mol. The Labute approximate surface area is 198 Å². The van der Waals surface area contributed by atoms with Gasteiger partial charge in [0.1, 0.15) is 11.6 Å². The summed E-state index contributed by atoms with van der Waals surface area (Å²) >= 11 is 3.63. The summed E-state index contributed by atoms with van der Waals surface area (Å²) in [6.45, 7) is 12.8.